The molecule has 1 N–H and O–H groups in total. The molecule has 0 saturated carbocycles. The van der Waals surface area contributed by atoms with Gasteiger partial charge < -0.3 is 10.1 Å². The third kappa shape index (κ3) is 2.00. The van der Waals surface area contributed by atoms with Crippen LogP contribution in [0.2, 0.25) is 0 Å². The molecule has 9 heteroatoms. The third-order valence-corrected chi connectivity index (χ3v) is 4.79. The van der Waals surface area contributed by atoms with Gasteiger partial charge >= 0.3 is 5.69 Å². The van der Waals surface area contributed by atoms with Crippen LogP contribution in [-0.2, 0) is 14.1 Å². The fraction of sp³-hybridized carbons (Fsp3) is 0.385. The highest BCUT2D eigenvalue weighted by molar-refractivity contribution is 7.99. The van der Waals surface area contributed by atoms with Crippen LogP contribution in [0.25, 0.3) is 0 Å². The van der Waals surface area contributed by atoms with Gasteiger partial charge in [0, 0.05) is 14.1 Å². The number of anilines is 1. The molecule has 0 fully saturated rings. The number of ether oxygens (including phenoxy) is 1. The largest absolute Gasteiger partial charge is 0.479 e. The van der Waals surface area contributed by atoms with E-state index in [-0.39, 0.29) is 17.3 Å². The summed E-state index contributed by atoms with van der Waals surface area (Å²) >= 11 is 1.26. The third-order valence-electron chi connectivity index (χ3n) is 3.60. The highest BCUT2D eigenvalue weighted by Crippen LogP contribution is 2.42. The van der Waals surface area contributed by atoms with Crippen LogP contribution in [0.15, 0.2) is 26.0 Å². The number of hydrogen-bond donors (Lipinski definition) is 1. The van der Waals surface area contributed by atoms with Crippen LogP contribution in [0.3, 0.4) is 0 Å². The van der Waals surface area contributed by atoms with Crippen molar-refractivity contribution in [3.05, 3.63) is 32.7 Å². The number of aromatic nitrogens is 4. The predicted molar refractivity (Wildman–Crippen MR) is 81.7 cm³/mol. The Hall–Kier alpha value is -2.29. The molecule has 0 spiro atoms. The van der Waals surface area contributed by atoms with Gasteiger partial charge in [0.2, 0.25) is 5.88 Å². The molecule has 2 aromatic heterocycles. The molecule has 0 unspecified atom stereocenters. The maximum Gasteiger partial charge on any atom is 0.331 e. The van der Waals surface area contributed by atoms with Crippen LogP contribution in [0.4, 0.5) is 5.69 Å². The molecule has 1 atom stereocenters. The average molecular weight is 321 g/mol. The lowest BCUT2D eigenvalue weighted by atomic mass is 10.1. The van der Waals surface area contributed by atoms with Crippen molar-refractivity contribution in [3.63, 3.8) is 0 Å². The van der Waals surface area contributed by atoms with E-state index in [1.54, 1.807) is 7.05 Å². The molecular formula is C13H15N5O3S. The first-order valence-corrected chi connectivity index (χ1v) is 7.40. The molecular weight excluding hydrogens is 306 g/mol. The van der Waals surface area contributed by atoms with Gasteiger partial charge in [0.15, 0.2) is 0 Å². The van der Waals surface area contributed by atoms with Crippen LogP contribution in [0.1, 0.15) is 18.5 Å². The molecule has 3 rings (SSSR count). The highest BCUT2D eigenvalue weighted by Gasteiger charge is 2.28. The number of hydrogen-bond acceptors (Lipinski definition) is 7. The van der Waals surface area contributed by atoms with Gasteiger partial charge in [0.1, 0.15) is 17.0 Å². The number of methoxy groups -OCH3 is 1. The van der Waals surface area contributed by atoms with Crippen LogP contribution in [-0.4, -0.2) is 26.2 Å². The summed E-state index contributed by atoms with van der Waals surface area (Å²) in [4.78, 5) is 32.9. The van der Waals surface area contributed by atoms with E-state index in [1.807, 2.05) is 6.92 Å². The van der Waals surface area contributed by atoms with Crippen molar-refractivity contribution in [2.45, 2.75) is 23.0 Å². The Morgan fingerprint density at radius 2 is 2.00 bits per heavy atom. The molecule has 0 aliphatic carbocycles. The normalized spacial score (nSPS) is 16.3. The molecule has 1 aliphatic heterocycles. The van der Waals surface area contributed by atoms with Gasteiger partial charge in [-0.3, -0.25) is 13.9 Å². The van der Waals surface area contributed by atoms with E-state index in [9.17, 15) is 9.59 Å². The van der Waals surface area contributed by atoms with E-state index in [0.29, 0.717) is 27.2 Å². The van der Waals surface area contributed by atoms with Crippen molar-refractivity contribution in [3.8, 4) is 5.88 Å². The second-order valence-electron chi connectivity index (χ2n) is 4.96. The van der Waals surface area contributed by atoms with Gasteiger partial charge in [0.25, 0.3) is 5.56 Å². The molecule has 22 heavy (non-hydrogen) atoms. The molecule has 1 aliphatic rings. The second kappa shape index (κ2) is 5.16. The van der Waals surface area contributed by atoms with Crippen molar-refractivity contribution >= 4 is 17.4 Å². The molecule has 0 amide bonds. The fourth-order valence-corrected chi connectivity index (χ4v) is 3.56. The van der Waals surface area contributed by atoms with Crippen LogP contribution >= 0.6 is 11.8 Å². The van der Waals surface area contributed by atoms with Crippen molar-refractivity contribution in [1.29, 1.82) is 0 Å². The summed E-state index contributed by atoms with van der Waals surface area (Å²) in [6.07, 6.45) is 1.39. The summed E-state index contributed by atoms with van der Waals surface area (Å²) < 4.78 is 7.81. The van der Waals surface area contributed by atoms with E-state index in [0.717, 1.165) is 4.57 Å². The van der Waals surface area contributed by atoms with Crippen LogP contribution < -0.4 is 21.3 Å². The van der Waals surface area contributed by atoms with E-state index in [2.05, 4.69) is 15.3 Å². The average Bonchev–Trinajstić information content (AvgIpc) is 2.66. The quantitative estimate of drug-likeness (QED) is 0.766. The van der Waals surface area contributed by atoms with E-state index in [4.69, 9.17) is 4.74 Å². The summed E-state index contributed by atoms with van der Waals surface area (Å²) in [6.45, 7) is 1.85. The monoisotopic (exact) mass is 321 g/mol. The minimum Gasteiger partial charge on any atom is -0.479 e. The zero-order valence-electron chi connectivity index (χ0n) is 12.6. The molecule has 0 radical (unpaired) electrons. The first-order valence-electron chi connectivity index (χ1n) is 6.59. The lowest BCUT2D eigenvalue weighted by Crippen LogP contribution is -2.40. The molecule has 0 saturated heterocycles. The predicted octanol–water partition coefficient (Wildman–Crippen LogP) is 0.520. The zero-order valence-corrected chi connectivity index (χ0v) is 13.4. The lowest BCUT2D eigenvalue weighted by molar-refractivity contribution is 0.396. The first kappa shape index (κ1) is 14.6. The van der Waals surface area contributed by atoms with Crippen molar-refractivity contribution in [1.82, 2.24) is 19.1 Å². The summed E-state index contributed by atoms with van der Waals surface area (Å²) in [5.41, 5.74) is 0.459. The summed E-state index contributed by atoms with van der Waals surface area (Å²) in [7, 11) is 4.64. The van der Waals surface area contributed by atoms with Crippen LogP contribution in [0.5, 0.6) is 5.88 Å². The van der Waals surface area contributed by atoms with Crippen molar-refractivity contribution in [2.24, 2.45) is 14.1 Å². The van der Waals surface area contributed by atoms with Crippen molar-refractivity contribution < 1.29 is 4.74 Å². The van der Waals surface area contributed by atoms with Gasteiger partial charge in [-0.15, -0.1) is 0 Å². The molecule has 2 aromatic rings. The molecule has 0 aromatic carbocycles. The van der Waals surface area contributed by atoms with E-state index in [1.165, 1.54) is 36.8 Å². The smallest absolute Gasteiger partial charge is 0.331 e. The molecule has 8 nitrogen and oxygen atoms in total. The Balaban J connectivity index is 2.32. The van der Waals surface area contributed by atoms with Crippen molar-refractivity contribution in [2.75, 3.05) is 12.4 Å². The van der Waals surface area contributed by atoms with E-state index >= 15 is 0 Å². The summed E-state index contributed by atoms with van der Waals surface area (Å²) in [5, 5.41) is 4.40. The molecule has 0 bridgehead atoms. The molecule has 3 heterocycles. The number of fused-ring (bicyclic) bond motifs is 2. The van der Waals surface area contributed by atoms with Gasteiger partial charge in [-0.1, -0.05) is 0 Å². The summed E-state index contributed by atoms with van der Waals surface area (Å²) in [6, 6.07) is -0.311. The number of nitrogens with one attached hydrogen (secondary N) is 1. The topological polar surface area (TPSA) is 91.0 Å². The van der Waals surface area contributed by atoms with Gasteiger partial charge in [-0.2, -0.15) is 4.98 Å². The number of rotatable bonds is 1. The summed E-state index contributed by atoms with van der Waals surface area (Å²) in [5.74, 6) is 0.402. The first-order chi connectivity index (χ1) is 10.5. The minimum absolute atomic E-state index is 0.311. The maximum absolute atomic E-state index is 12.5. The lowest BCUT2D eigenvalue weighted by Gasteiger charge is -2.17. The minimum atomic E-state index is -0.368. The Bertz CT molecular complexity index is 873. The Labute approximate surface area is 130 Å². The Morgan fingerprint density at radius 3 is 2.68 bits per heavy atom. The zero-order chi connectivity index (χ0) is 16.0. The highest BCUT2D eigenvalue weighted by atomic mass is 32.2. The Kier molecular flexibility index (Phi) is 3.44. The van der Waals surface area contributed by atoms with Gasteiger partial charge in [0.05, 0.1) is 23.7 Å². The fourth-order valence-electron chi connectivity index (χ4n) is 2.44. The molecule has 116 valence electrons. The Morgan fingerprint density at radius 1 is 1.27 bits per heavy atom. The van der Waals surface area contributed by atoms with Crippen LogP contribution in [0, 0.1) is 0 Å². The SMILES string of the molecule is COc1ncnc2c1N[C@H](C)c1c(n(C)c(=O)n(C)c1=O)S2. The van der Waals surface area contributed by atoms with E-state index < -0.39 is 0 Å². The number of nitrogens with zero attached hydrogens (tertiary/aromatic N) is 4. The second-order valence-corrected chi connectivity index (χ2v) is 5.93. The van der Waals surface area contributed by atoms with Gasteiger partial charge in [-0.05, 0) is 18.7 Å². The standard InChI is InChI=1S/C13H15N5O3S/c1-6-7-11(19)17(2)13(20)18(3)12(7)22-10-8(16-6)9(21-4)14-5-15-10/h5-6,16H,1-4H3/t6-/m1/s1. The maximum atomic E-state index is 12.5. The van der Waals surface area contributed by atoms with Gasteiger partial charge in [-0.25, -0.2) is 9.78 Å².